The van der Waals surface area contributed by atoms with Crippen LogP contribution in [-0.4, -0.2) is 67.1 Å². The Bertz CT molecular complexity index is 745. The third-order valence-electron chi connectivity index (χ3n) is 4.72. The number of hydrogen-bond donors (Lipinski definition) is 2. The largest absolute Gasteiger partial charge is 0.356 e. The lowest BCUT2D eigenvalue weighted by Gasteiger charge is -2.34. The van der Waals surface area contributed by atoms with E-state index in [2.05, 4.69) is 35.4 Å². The van der Waals surface area contributed by atoms with E-state index in [9.17, 15) is 4.39 Å². The molecule has 0 saturated carbocycles. The highest BCUT2D eigenvalue weighted by atomic mass is 19.1. The number of anilines is 1. The van der Waals surface area contributed by atoms with Gasteiger partial charge in [0.2, 0.25) is 5.95 Å². The first kappa shape index (κ1) is 20.0. The van der Waals surface area contributed by atoms with Gasteiger partial charge in [0.1, 0.15) is 5.82 Å². The molecule has 1 aliphatic heterocycles. The van der Waals surface area contributed by atoms with Crippen molar-refractivity contribution in [3.63, 3.8) is 0 Å². The molecular formula is C20H28FN7. The predicted octanol–water partition coefficient (Wildman–Crippen LogP) is 1.49. The smallest absolute Gasteiger partial charge is 0.225 e. The summed E-state index contributed by atoms with van der Waals surface area (Å²) in [6.45, 7) is 6.36. The maximum absolute atomic E-state index is 13.2. The highest BCUT2D eigenvalue weighted by Gasteiger charge is 2.18. The summed E-state index contributed by atoms with van der Waals surface area (Å²) in [5.74, 6) is 1.33. The van der Waals surface area contributed by atoms with Crippen molar-refractivity contribution in [2.75, 3.05) is 51.2 Å². The Morgan fingerprint density at radius 2 is 1.89 bits per heavy atom. The molecule has 0 spiro atoms. The van der Waals surface area contributed by atoms with E-state index in [0.717, 1.165) is 63.2 Å². The minimum Gasteiger partial charge on any atom is -0.356 e. The van der Waals surface area contributed by atoms with Gasteiger partial charge < -0.3 is 15.5 Å². The standard InChI is InChI=1S/C20H28FN7/c1-22-19(26-16-17-5-2-6-18(21)15-17)23-9-4-10-27-11-13-28(14-12-27)20-24-7-3-8-25-20/h2-3,5-8,15H,4,9-14,16H2,1H3,(H2,22,23,26). The molecule has 2 heterocycles. The molecule has 150 valence electrons. The SMILES string of the molecule is CN=C(NCCCN1CCN(c2ncccn2)CC1)NCc1cccc(F)c1. The van der Waals surface area contributed by atoms with E-state index >= 15 is 0 Å². The molecule has 0 aliphatic carbocycles. The van der Waals surface area contributed by atoms with Crippen molar-refractivity contribution in [2.45, 2.75) is 13.0 Å². The average Bonchev–Trinajstić information content (AvgIpc) is 2.74. The van der Waals surface area contributed by atoms with Gasteiger partial charge in [-0.25, -0.2) is 14.4 Å². The van der Waals surface area contributed by atoms with Crippen molar-refractivity contribution in [1.82, 2.24) is 25.5 Å². The molecule has 0 amide bonds. The summed E-state index contributed by atoms with van der Waals surface area (Å²) in [5, 5.41) is 6.53. The number of hydrogen-bond acceptors (Lipinski definition) is 5. The van der Waals surface area contributed by atoms with E-state index in [-0.39, 0.29) is 5.82 Å². The molecule has 1 fully saturated rings. The molecule has 2 aromatic rings. The average molecular weight is 385 g/mol. The fraction of sp³-hybridized carbons (Fsp3) is 0.450. The quantitative estimate of drug-likeness (QED) is 0.428. The van der Waals surface area contributed by atoms with Crippen LogP contribution in [0.25, 0.3) is 0 Å². The van der Waals surface area contributed by atoms with Gasteiger partial charge in [-0.3, -0.25) is 9.89 Å². The Morgan fingerprint density at radius 1 is 1.11 bits per heavy atom. The molecule has 1 aliphatic rings. The molecule has 0 atom stereocenters. The van der Waals surface area contributed by atoms with Crippen molar-refractivity contribution in [2.24, 2.45) is 4.99 Å². The van der Waals surface area contributed by atoms with E-state index in [4.69, 9.17) is 0 Å². The van der Waals surface area contributed by atoms with Crippen LogP contribution in [0.2, 0.25) is 0 Å². The highest BCUT2D eigenvalue weighted by molar-refractivity contribution is 5.79. The van der Waals surface area contributed by atoms with E-state index in [1.165, 1.54) is 12.1 Å². The van der Waals surface area contributed by atoms with Gasteiger partial charge in [0.15, 0.2) is 5.96 Å². The lowest BCUT2D eigenvalue weighted by molar-refractivity contribution is 0.254. The lowest BCUT2D eigenvalue weighted by Crippen LogP contribution is -2.47. The number of nitrogens with zero attached hydrogens (tertiary/aromatic N) is 5. The Morgan fingerprint density at radius 3 is 2.61 bits per heavy atom. The van der Waals surface area contributed by atoms with Gasteiger partial charge in [-0.2, -0.15) is 0 Å². The zero-order valence-corrected chi connectivity index (χ0v) is 16.3. The molecule has 0 bridgehead atoms. The highest BCUT2D eigenvalue weighted by Crippen LogP contribution is 2.09. The predicted molar refractivity (Wildman–Crippen MR) is 110 cm³/mol. The Balaban J connectivity index is 1.31. The van der Waals surface area contributed by atoms with Gasteiger partial charge in [0.25, 0.3) is 0 Å². The minimum absolute atomic E-state index is 0.221. The zero-order valence-electron chi connectivity index (χ0n) is 16.3. The van der Waals surface area contributed by atoms with Crippen LogP contribution in [0.15, 0.2) is 47.7 Å². The molecule has 7 nitrogen and oxygen atoms in total. The fourth-order valence-electron chi connectivity index (χ4n) is 3.19. The second kappa shape index (κ2) is 10.6. The molecule has 2 N–H and O–H groups in total. The van der Waals surface area contributed by atoms with Crippen LogP contribution in [0.1, 0.15) is 12.0 Å². The van der Waals surface area contributed by atoms with Crippen LogP contribution in [0.3, 0.4) is 0 Å². The minimum atomic E-state index is -0.221. The van der Waals surface area contributed by atoms with Gasteiger partial charge >= 0.3 is 0 Å². The van der Waals surface area contributed by atoms with E-state index in [0.29, 0.717) is 6.54 Å². The molecule has 8 heteroatoms. The first-order chi connectivity index (χ1) is 13.7. The number of rotatable bonds is 7. The first-order valence-electron chi connectivity index (χ1n) is 9.68. The molecule has 1 saturated heterocycles. The van der Waals surface area contributed by atoms with Crippen LogP contribution < -0.4 is 15.5 Å². The van der Waals surface area contributed by atoms with Crippen LogP contribution >= 0.6 is 0 Å². The Labute approximate surface area is 165 Å². The van der Waals surface area contributed by atoms with Gasteiger partial charge in [-0.1, -0.05) is 12.1 Å². The van der Waals surface area contributed by atoms with E-state index in [1.807, 2.05) is 12.1 Å². The molecule has 1 aromatic heterocycles. The second-order valence-corrected chi connectivity index (χ2v) is 6.71. The summed E-state index contributed by atoms with van der Waals surface area (Å²) in [6.07, 6.45) is 4.60. The number of piperazine rings is 1. The van der Waals surface area contributed by atoms with Crippen LogP contribution in [0, 0.1) is 5.82 Å². The fourth-order valence-corrected chi connectivity index (χ4v) is 3.19. The van der Waals surface area contributed by atoms with Crippen LogP contribution in [0.4, 0.5) is 10.3 Å². The molecule has 3 rings (SSSR count). The lowest BCUT2D eigenvalue weighted by atomic mass is 10.2. The van der Waals surface area contributed by atoms with Gasteiger partial charge in [-0.15, -0.1) is 0 Å². The summed E-state index contributed by atoms with van der Waals surface area (Å²) in [5.41, 5.74) is 0.892. The summed E-state index contributed by atoms with van der Waals surface area (Å²) in [4.78, 5) is 17.6. The maximum Gasteiger partial charge on any atom is 0.225 e. The second-order valence-electron chi connectivity index (χ2n) is 6.71. The van der Waals surface area contributed by atoms with Crippen LogP contribution in [-0.2, 0) is 6.54 Å². The topological polar surface area (TPSA) is 68.7 Å². The molecule has 0 unspecified atom stereocenters. The summed E-state index contributed by atoms with van der Waals surface area (Å²) < 4.78 is 13.2. The van der Waals surface area contributed by atoms with Crippen molar-refractivity contribution < 1.29 is 4.39 Å². The number of benzene rings is 1. The monoisotopic (exact) mass is 385 g/mol. The summed E-state index contributed by atoms with van der Waals surface area (Å²) in [7, 11) is 1.74. The molecular weight excluding hydrogens is 357 g/mol. The summed E-state index contributed by atoms with van der Waals surface area (Å²) in [6, 6.07) is 8.42. The van der Waals surface area contributed by atoms with Crippen molar-refractivity contribution >= 4 is 11.9 Å². The Hall–Kier alpha value is -2.74. The number of aliphatic imine (C=N–C) groups is 1. The van der Waals surface area contributed by atoms with E-state index < -0.39 is 0 Å². The number of nitrogens with one attached hydrogen (secondary N) is 2. The normalized spacial score (nSPS) is 15.5. The third-order valence-corrected chi connectivity index (χ3v) is 4.72. The zero-order chi connectivity index (χ0) is 19.6. The Kier molecular flexibility index (Phi) is 7.54. The van der Waals surface area contributed by atoms with Crippen LogP contribution in [0.5, 0.6) is 0 Å². The van der Waals surface area contributed by atoms with Gasteiger partial charge in [0.05, 0.1) is 0 Å². The van der Waals surface area contributed by atoms with Crippen molar-refractivity contribution in [3.05, 3.63) is 54.1 Å². The van der Waals surface area contributed by atoms with E-state index in [1.54, 1.807) is 25.5 Å². The number of guanidine groups is 1. The number of aromatic nitrogens is 2. The third kappa shape index (κ3) is 6.16. The van der Waals surface area contributed by atoms with Crippen molar-refractivity contribution in [1.29, 1.82) is 0 Å². The van der Waals surface area contributed by atoms with Gasteiger partial charge in [0, 0.05) is 58.7 Å². The molecule has 28 heavy (non-hydrogen) atoms. The number of halogens is 1. The maximum atomic E-state index is 13.2. The van der Waals surface area contributed by atoms with Gasteiger partial charge in [-0.05, 0) is 36.7 Å². The first-order valence-corrected chi connectivity index (χ1v) is 9.68. The molecule has 0 radical (unpaired) electrons. The summed E-state index contributed by atoms with van der Waals surface area (Å²) >= 11 is 0. The van der Waals surface area contributed by atoms with Crippen molar-refractivity contribution in [3.8, 4) is 0 Å². The molecule has 1 aromatic carbocycles.